The van der Waals surface area contributed by atoms with E-state index in [1.54, 1.807) is 12.1 Å². The van der Waals surface area contributed by atoms with Crippen molar-refractivity contribution in [1.29, 1.82) is 0 Å². The maximum absolute atomic E-state index is 13.5. The van der Waals surface area contributed by atoms with E-state index in [1.165, 1.54) is 12.1 Å². The van der Waals surface area contributed by atoms with Crippen LogP contribution in [0.5, 0.6) is 0 Å². The van der Waals surface area contributed by atoms with Gasteiger partial charge >= 0.3 is 0 Å². The van der Waals surface area contributed by atoms with Gasteiger partial charge in [0.1, 0.15) is 17.5 Å². The van der Waals surface area contributed by atoms with E-state index in [1.807, 2.05) is 6.92 Å². The molecule has 2 rings (SSSR count). The molecule has 0 amide bonds. The summed E-state index contributed by atoms with van der Waals surface area (Å²) < 4.78 is 27.0. The van der Waals surface area contributed by atoms with Crippen LogP contribution < -0.4 is 5.73 Å². The maximum Gasteiger partial charge on any atom is 0.149 e. The van der Waals surface area contributed by atoms with Gasteiger partial charge < -0.3 is 5.73 Å². The Labute approximate surface area is 91.7 Å². The first-order chi connectivity index (χ1) is 7.58. The van der Waals surface area contributed by atoms with Crippen LogP contribution in [0, 0.1) is 18.6 Å². The molecule has 0 aliphatic rings. The molecule has 82 valence electrons. The van der Waals surface area contributed by atoms with Gasteiger partial charge in [0.15, 0.2) is 0 Å². The van der Waals surface area contributed by atoms with Gasteiger partial charge in [0.2, 0.25) is 0 Å². The van der Waals surface area contributed by atoms with Gasteiger partial charge in [-0.1, -0.05) is 11.6 Å². The lowest BCUT2D eigenvalue weighted by Gasteiger charge is -2.06. The van der Waals surface area contributed by atoms with E-state index in [0.29, 0.717) is 0 Å². The molecule has 16 heavy (non-hydrogen) atoms. The molecule has 0 saturated heterocycles. The van der Waals surface area contributed by atoms with E-state index in [-0.39, 0.29) is 16.9 Å². The Hall–Kier alpha value is -1.97. The minimum Gasteiger partial charge on any atom is -0.384 e. The number of halogens is 2. The predicted octanol–water partition coefficient (Wildman–Crippen LogP) is 2.92. The summed E-state index contributed by atoms with van der Waals surface area (Å²) in [6, 6.07) is 5.84. The quantitative estimate of drug-likeness (QED) is 0.802. The second-order valence-electron chi connectivity index (χ2n) is 3.57. The second-order valence-corrected chi connectivity index (χ2v) is 3.57. The number of hydrogen-bond acceptors (Lipinski definition) is 2. The van der Waals surface area contributed by atoms with Gasteiger partial charge in [-0.2, -0.15) is 0 Å². The lowest BCUT2D eigenvalue weighted by molar-refractivity contribution is 0.613. The van der Waals surface area contributed by atoms with Gasteiger partial charge in [-0.15, -0.1) is 0 Å². The van der Waals surface area contributed by atoms with Crippen LogP contribution in [-0.4, -0.2) is 4.98 Å². The summed E-state index contributed by atoms with van der Waals surface area (Å²) >= 11 is 0. The van der Waals surface area contributed by atoms with E-state index in [4.69, 9.17) is 5.73 Å². The summed E-state index contributed by atoms with van der Waals surface area (Å²) in [6.45, 7) is 1.81. The Bertz CT molecular complexity index is 489. The first-order valence-corrected chi connectivity index (χ1v) is 4.75. The molecule has 0 aliphatic heterocycles. The molecular formula is C12H10F2N2. The number of nitrogens with two attached hydrogens (primary N) is 1. The molecule has 0 aliphatic carbocycles. The van der Waals surface area contributed by atoms with E-state index >= 15 is 0 Å². The van der Waals surface area contributed by atoms with Gasteiger partial charge in [0.05, 0.1) is 6.20 Å². The molecule has 0 spiro atoms. The van der Waals surface area contributed by atoms with E-state index in [0.717, 1.165) is 11.8 Å². The molecule has 1 aromatic carbocycles. The third-order valence-corrected chi connectivity index (χ3v) is 2.29. The number of nitrogen functional groups attached to an aromatic ring is 1. The normalized spacial score (nSPS) is 10.4. The third kappa shape index (κ3) is 1.86. The lowest BCUT2D eigenvalue weighted by atomic mass is 10.0. The van der Waals surface area contributed by atoms with Crippen molar-refractivity contribution in [2.45, 2.75) is 6.92 Å². The number of aryl methyl sites for hydroxylation is 1. The van der Waals surface area contributed by atoms with Crippen molar-refractivity contribution in [2.75, 3.05) is 5.73 Å². The highest BCUT2D eigenvalue weighted by Gasteiger charge is 2.11. The monoisotopic (exact) mass is 220 g/mol. The van der Waals surface area contributed by atoms with Crippen LogP contribution in [0.3, 0.4) is 0 Å². The molecule has 1 aromatic heterocycles. The average molecular weight is 220 g/mol. The van der Waals surface area contributed by atoms with E-state index in [9.17, 15) is 8.78 Å². The van der Waals surface area contributed by atoms with Crippen molar-refractivity contribution in [3.63, 3.8) is 0 Å². The number of pyridine rings is 1. The van der Waals surface area contributed by atoms with Crippen molar-refractivity contribution >= 4 is 5.82 Å². The molecule has 0 unspecified atom stereocenters. The highest BCUT2D eigenvalue weighted by molar-refractivity contribution is 5.67. The van der Waals surface area contributed by atoms with Crippen molar-refractivity contribution in [3.05, 3.63) is 47.7 Å². The molecule has 4 heteroatoms. The number of nitrogens with zero attached hydrogens (tertiary/aromatic N) is 1. The van der Waals surface area contributed by atoms with Crippen LogP contribution in [-0.2, 0) is 0 Å². The molecule has 1 heterocycles. The zero-order valence-electron chi connectivity index (χ0n) is 8.67. The largest absolute Gasteiger partial charge is 0.384 e. The summed E-state index contributed by atoms with van der Waals surface area (Å²) in [4.78, 5) is 3.60. The summed E-state index contributed by atoms with van der Waals surface area (Å²) in [5, 5.41) is 0. The minimum absolute atomic E-state index is 0.133. The van der Waals surface area contributed by atoms with Crippen LogP contribution in [0.25, 0.3) is 11.1 Å². The van der Waals surface area contributed by atoms with Gasteiger partial charge in [-0.05, 0) is 25.1 Å². The summed E-state index contributed by atoms with van der Waals surface area (Å²) in [5.41, 5.74) is 6.64. The summed E-state index contributed by atoms with van der Waals surface area (Å²) in [5.74, 6) is -0.897. The van der Waals surface area contributed by atoms with E-state index in [2.05, 4.69) is 4.98 Å². The van der Waals surface area contributed by atoms with Gasteiger partial charge in [0.25, 0.3) is 0 Å². The molecule has 2 nitrogen and oxygen atoms in total. The highest BCUT2D eigenvalue weighted by Crippen LogP contribution is 2.27. The Balaban J connectivity index is 2.66. The summed E-state index contributed by atoms with van der Waals surface area (Å²) in [7, 11) is 0. The third-order valence-electron chi connectivity index (χ3n) is 2.29. The van der Waals surface area contributed by atoms with Crippen LogP contribution in [0.1, 0.15) is 5.56 Å². The van der Waals surface area contributed by atoms with Crippen molar-refractivity contribution < 1.29 is 8.78 Å². The van der Waals surface area contributed by atoms with Gasteiger partial charge in [0, 0.05) is 11.1 Å². The number of aromatic nitrogens is 1. The van der Waals surface area contributed by atoms with Crippen LogP contribution in [0.2, 0.25) is 0 Å². The zero-order chi connectivity index (χ0) is 11.7. The Morgan fingerprint density at radius 3 is 2.50 bits per heavy atom. The van der Waals surface area contributed by atoms with Gasteiger partial charge in [-0.3, -0.25) is 0 Å². The standard InChI is InChI=1S/C12H10F2N2/c1-7-2-3-10(13)8(4-7)9-5-12(15)16-6-11(9)14/h2-6H,1H3,(H2,15,16). The van der Waals surface area contributed by atoms with Crippen molar-refractivity contribution in [3.8, 4) is 11.1 Å². The molecule has 0 radical (unpaired) electrons. The lowest BCUT2D eigenvalue weighted by Crippen LogP contribution is -1.95. The fourth-order valence-electron chi connectivity index (χ4n) is 1.51. The molecule has 0 bridgehead atoms. The SMILES string of the molecule is Cc1ccc(F)c(-c2cc(N)ncc2F)c1. The summed E-state index contributed by atoms with van der Waals surface area (Å²) in [6.07, 6.45) is 0.992. The fraction of sp³-hybridized carbons (Fsp3) is 0.0833. The van der Waals surface area contributed by atoms with Gasteiger partial charge in [-0.25, -0.2) is 13.8 Å². The second kappa shape index (κ2) is 3.89. The number of anilines is 1. The molecule has 2 aromatic rings. The molecule has 2 N–H and O–H groups in total. The van der Waals surface area contributed by atoms with Crippen LogP contribution in [0.15, 0.2) is 30.5 Å². The topological polar surface area (TPSA) is 38.9 Å². The smallest absolute Gasteiger partial charge is 0.149 e. The van der Waals surface area contributed by atoms with Crippen LogP contribution in [0.4, 0.5) is 14.6 Å². The Morgan fingerprint density at radius 1 is 1.06 bits per heavy atom. The predicted molar refractivity (Wildman–Crippen MR) is 58.7 cm³/mol. The zero-order valence-corrected chi connectivity index (χ0v) is 8.67. The fourth-order valence-corrected chi connectivity index (χ4v) is 1.51. The minimum atomic E-state index is -0.585. The molecule has 0 saturated carbocycles. The van der Waals surface area contributed by atoms with Crippen molar-refractivity contribution in [2.24, 2.45) is 0 Å². The average Bonchev–Trinajstić information content (AvgIpc) is 2.25. The Kier molecular flexibility index (Phi) is 2.56. The van der Waals surface area contributed by atoms with E-state index < -0.39 is 11.6 Å². The Morgan fingerprint density at radius 2 is 1.75 bits per heavy atom. The first kappa shape index (κ1) is 10.5. The number of benzene rings is 1. The number of rotatable bonds is 1. The van der Waals surface area contributed by atoms with Crippen molar-refractivity contribution in [1.82, 2.24) is 4.98 Å². The highest BCUT2D eigenvalue weighted by atomic mass is 19.1. The van der Waals surface area contributed by atoms with Crippen LogP contribution >= 0.6 is 0 Å². The maximum atomic E-state index is 13.5. The molecule has 0 fully saturated rings. The first-order valence-electron chi connectivity index (χ1n) is 4.75. The number of hydrogen-bond donors (Lipinski definition) is 1. The molecular weight excluding hydrogens is 210 g/mol. The molecule has 0 atom stereocenters.